The normalized spacial score (nSPS) is 17.6. The minimum absolute atomic E-state index is 1.56. The van der Waals surface area contributed by atoms with Crippen LogP contribution < -0.4 is 0 Å². The molecule has 0 heterocycles. The second-order valence-corrected chi connectivity index (χ2v) is 16.5. The topological polar surface area (TPSA) is 0 Å². The number of hydrogen-bond acceptors (Lipinski definition) is 0. The van der Waals surface area contributed by atoms with Crippen molar-refractivity contribution in [3.05, 3.63) is 0 Å². The van der Waals surface area contributed by atoms with E-state index >= 15 is 0 Å². The molecule has 0 nitrogen and oxygen atoms in total. The van der Waals surface area contributed by atoms with Gasteiger partial charge >= 0.3 is 0 Å². The van der Waals surface area contributed by atoms with Crippen LogP contribution in [0.4, 0.5) is 0 Å². The Bertz CT molecular complexity index is 406. The third-order valence-corrected chi connectivity index (χ3v) is 12.0. The number of alkyl halides is 15. The van der Waals surface area contributed by atoms with Crippen LogP contribution in [0.1, 0.15) is 0 Å². The van der Waals surface area contributed by atoms with Gasteiger partial charge in [-0.25, -0.2) is 0 Å². The first-order valence-corrected chi connectivity index (χ1v) is 11.0. The first-order valence-electron chi connectivity index (χ1n) is 4.44. The highest BCUT2D eigenvalue weighted by Crippen LogP contribution is 2.68. The van der Waals surface area contributed by atoms with Crippen LogP contribution in [0.15, 0.2) is 0 Å². The molecule has 0 aliphatic carbocycles. The van der Waals surface area contributed by atoms with E-state index in [0.717, 1.165) is 0 Å². The van der Waals surface area contributed by atoms with Crippen LogP contribution in [0.2, 0.25) is 0 Å². The highest BCUT2D eigenvalue weighted by atomic mass is 79.9. The lowest BCUT2D eigenvalue weighted by molar-refractivity contribution is 0.521. The zero-order valence-corrected chi connectivity index (χ0v) is 22.2. The molecule has 0 aliphatic heterocycles. The molecule has 0 aromatic rings. The highest BCUT2D eigenvalue weighted by molar-refractivity contribution is 9.11. The summed E-state index contributed by atoms with van der Waals surface area (Å²) in [6, 6.07) is 0. The maximum Gasteiger partial charge on any atom is 0.207 e. The van der Waals surface area contributed by atoms with Gasteiger partial charge in [0.1, 0.15) is 5.38 Å². The SMILES string of the molecule is ClC(C(Cl)(Cl)Br)C(Cl)(Cl)C(Cl)(Cl)C(Cl)(Cl)C(Cl)(Cl)C(Cl)(Cl)Br. The van der Waals surface area contributed by atoms with Crippen LogP contribution in [-0.4, -0.2) is 29.2 Å². The molecule has 0 aliphatic rings. The Morgan fingerprint density at radius 1 is 0.545 bits per heavy atom. The van der Waals surface area contributed by atoms with Crippen molar-refractivity contribution in [2.24, 2.45) is 0 Å². The summed E-state index contributed by atoms with van der Waals surface area (Å²) < 4.78 is -14.0. The Morgan fingerprint density at radius 3 is 1.09 bits per heavy atom. The minimum atomic E-state index is -2.58. The first kappa shape index (κ1) is 26.7. The Morgan fingerprint density at radius 2 is 0.864 bits per heavy atom. The van der Waals surface area contributed by atoms with Gasteiger partial charge in [0.05, 0.1) is 0 Å². The maximum atomic E-state index is 6.12. The molecule has 134 valence electrons. The van der Waals surface area contributed by atoms with E-state index in [2.05, 4.69) is 31.9 Å². The molecule has 0 saturated heterocycles. The second-order valence-electron chi connectivity index (χ2n) is 3.75. The van der Waals surface area contributed by atoms with E-state index in [4.69, 9.17) is 151 Å². The highest BCUT2D eigenvalue weighted by Gasteiger charge is 2.75. The van der Waals surface area contributed by atoms with Gasteiger partial charge in [0.2, 0.25) is 3.24 Å². The molecule has 0 aromatic heterocycles. The van der Waals surface area contributed by atoms with Crippen molar-refractivity contribution >= 4 is 183 Å². The molecular weight excluding hydrogens is 705 g/mol. The Kier molecular flexibility index (Phi) is 10.00. The van der Waals surface area contributed by atoms with Gasteiger partial charge in [0.15, 0.2) is 20.6 Å². The van der Waals surface area contributed by atoms with Gasteiger partial charge < -0.3 is 0 Å². The van der Waals surface area contributed by atoms with Crippen molar-refractivity contribution < 1.29 is 0 Å². The van der Waals surface area contributed by atoms with Gasteiger partial charge in [-0.3, -0.25) is 0 Å². The fourth-order valence-corrected chi connectivity index (χ4v) is 5.75. The predicted molar refractivity (Wildman–Crippen MR) is 114 cm³/mol. The average molecular weight is 706 g/mol. The summed E-state index contributed by atoms with van der Waals surface area (Å²) in [4.78, 5) is 0. The molecule has 22 heavy (non-hydrogen) atoms. The van der Waals surface area contributed by atoms with E-state index in [1.807, 2.05) is 0 Å². The van der Waals surface area contributed by atoms with E-state index in [9.17, 15) is 0 Å². The van der Waals surface area contributed by atoms with Crippen LogP contribution in [0.25, 0.3) is 0 Å². The van der Waals surface area contributed by atoms with E-state index in [-0.39, 0.29) is 0 Å². The Hall–Kier alpha value is 4.73. The largest absolute Gasteiger partial charge is 0.207 e. The molecule has 0 bridgehead atoms. The molecule has 0 rings (SSSR count). The lowest BCUT2D eigenvalue weighted by atomic mass is 10.1. The molecule has 0 aromatic carbocycles. The van der Waals surface area contributed by atoms with Crippen molar-refractivity contribution in [1.29, 1.82) is 0 Å². The third kappa shape index (κ3) is 5.01. The summed E-state index contributed by atoms with van der Waals surface area (Å²) in [6.45, 7) is 0. The van der Waals surface area contributed by atoms with E-state index in [1.165, 1.54) is 0 Å². The average Bonchev–Trinajstić information content (AvgIpc) is 2.24. The summed E-state index contributed by atoms with van der Waals surface area (Å²) in [7, 11) is 0. The molecule has 0 fully saturated rings. The molecule has 0 saturated carbocycles. The smallest absolute Gasteiger partial charge is 0.115 e. The van der Waals surface area contributed by atoms with Crippen LogP contribution in [0.3, 0.4) is 0 Å². The van der Waals surface area contributed by atoms with Gasteiger partial charge in [-0.15, -0.1) is 11.6 Å². The third-order valence-electron chi connectivity index (χ3n) is 2.17. The lowest BCUT2D eigenvalue weighted by Gasteiger charge is -2.49. The minimum Gasteiger partial charge on any atom is -0.115 e. The molecule has 0 spiro atoms. The van der Waals surface area contributed by atoms with Crippen molar-refractivity contribution in [2.45, 2.75) is 29.2 Å². The number of rotatable bonds is 6. The van der Waals surface area contributed by atoms with Crippen molar-refractivity contribution in [3.8, 4) is 0 Å². The van der Waals surface area contributed by atoms with E-state index in [1.54, 1.807) is 0 Å². The quantitative estimate of drug-likeness (QED) is 0.242. The van der Waals surface area contributed by atoms with Crippen LogP contribution in [0, 0.1) is 0 Å². The molecule has 1 atom stereocenters. The second kappa shape index (κ2) is 8.23. The van der Waals surface area contributed by atoms with Gasteiger partial charge in [-0.05, 0) is 31.9 Å². The molecular formula is C7HBr2Cl13. The fraction of sp³-hybridized carbons (Fsp3) is 1.00. The summed E-state index contributed by atoms with van der Waals surface area (Å²) in [5.74, 6) is 0. The van der Waals surface area contributed by atoms with Crippen LogP contribution in [0.5, 0.6) is 0 Å². The zero-order chi connectivity index (χ0) is 18.6. The molecule has 1 unspecified atom stereocenters. The van der Waals surface area contributed by atoms with Crippen molar-refractivity contribution in [2.75, 3.05) is 0 Å². The van der Waals surface area contributed by atoms with Crippen molar-refractivity contribution in [1.82, 2.24) is 0 Å². The van der Waals surface area contributed by atoms with Crippen molar-refractivity contribution in [3.63, 3.8) is 0 Å². The van der Waals surface area contributed by atoms with E-state index in [0.29, 0.717) is 0 Å². The molecule has 0 amide bonds. The van der Waals surface area contributed by atoms with Gasteiger partial charge in [-0.1, -0.05) is 139 Å². The monoisotopic (exact) mass is 697 g/mol. The Balaban J connectivity index is 6.12. The number of halogens is 15. The Labute approximate surface area is 209 Å². The summed E-state index contributed by atoms with van der Waals surface area (Å²) in [5, 5.41) is -1.56. The summed E-state index contributed by atoms with van der Waals surface area (Å²) in [5.41, 5.74) is 0. The number of hydrogen-bond donors (Lipinski definition) is 0. The summed E-state index contributed by atoms with van der Waals surface area (Å²) in [6.07, 6.45) is 0. The van der Waals surface area contributed by atoms with Gasteiger partial charge in [0, 0.05) is 0 Å². The standard InChI is InChI=1S/C7HBr2Cl13/c8-3(13,14)1(10)2(11,12)4(15,16)5(17,18)6(19,20)7(9,21)22/h1H. The predicted octanol–water partition coefficient (Wildman–Crippen LogP) is 9.34. The fourth-order valence-electron chi connectivity index (χ4n) is 0.949. The van der Waals surface area contributed by atoms with Gasteiger partial charge in [-0.2, -0.15) is 0 Å². The summed E-state index contributed by atoms with van der Waals surface area (Å²) >= 11 is 83.3. The zero-order valence-electron chi connectivity index (χ0n) is 9.25. The van der Waals surface area contributed by atoms with Gasteiger partial charge in [0.25, 0.3) is 0 Å². The van der Waals surface area contributed by atoms with Crippen LogP contribution in [-0.2, 0) is 0 Å². The molecule has 15 heteroatoms. The lowest BCUT2D eigenvalue weighted by Crippen LogP contribution is -2.65. The molecule has 0 N–H and O–H groups in total. The maximum absolute atomic E-state index is 6.12. The van der Waals surface area contributed by atoms with E-state index < -0.39 is 29.2 Å². The molecule has 0 radical (unpaired) electrons. The van der Waals surface area contributed by atoms with Crippen LogP contribution >= 0.6 is 183 Å². The first-order chi connectivity index (χ1) is 9.15.